The number of aryl methyl sites for hydroxylation is 1. The second kappa shape index (κ2) is 6.70. The van der Waals surface area contributed by atoms with Gasteiger partial charge in [0.25, 0.3) is 0 Å². The molecule has 0 saturated heterocycles. The Bertz CT molecular complexity index is 510. The number of amides is 1. The van der Waals surface area contributed by atoms with Gasteiger partial charge in [-0.2, -0.15) is 0 Å². The third-order valence-electron chi connectivity index (χ3n) is 3.88. The standard InChI is InChI=1S/C15H21N3OS/c1-10-6-5-9-13(11(10)2)16-15(20)18-17-14(19)12-7-3-4-8-12/h5-6,9,12H,3-4,7-8H2,1-2H3,(H,17,19)(H2,16,18,20). The summed E-state index contributed by atoms with van der Waals surface area (Å²) in [7, 11) is 0. The molecule has 0 aromatic heterocycles. The van der Waals surface area contributed by atoms with Crippen molar-refractivity contribution in [1.29, 1.82) is 0 Å². The third-order valence-corrected chi connectivity index (χ3v) is 4.08. The van der Waals surface area contributed by atoms with E-state index >= 15 is 0 Å². The van der Waals surface area contributed by atoms with Crippen LogP contribution in [0.25, 0.3) is 0 Å². The number of carbonyl (C=O) groups excluding carboxylic acids is 1. The van der Waals surface area contributed by atoms with E-state index in [9.17, 15) is 4.79 Å². The number of carbonyl (C=O) groups is 1. The van der Waals surface area contributed by atoms with Crippen LogP contribution in [0.5, 0.6) is 0 Å². The van der Waals surface area contributed by atoms with E-state index < -0.39 is 0 Å². The van der Waals surface area contributed by atoms with E-state index in [-0.39, 0.29) is 11.8 Å². The predicted molar refractivity (Wildman–Crippen MR) is 85.4 cm³/mol. The van der Waals surface area contributed by atoms with Crippen molar-refractivity contribution >= 4 is 28.9 Å². The summed E-state index contributed by atoms with van der Waals surface area (Å²) in [5, 5.41) is 3.51. The molecule has 5 heteroatoms. The first-order valence-corrected chi connectivity index (χ1v) is 7.42. The predicted octanol–water partition coefficient (Wildman–Crippen LogP) is 2.81. The van der Waals surface area contributed by atoms with Crippen LogP contribution in [0.2, 0.25) is 0 Å². The van der Waals surface area contributed by atoms with Crippen molar-refractivity contribution in [3.8, 4) is 0 Å². The molecule has 3 N–H and O–H groups in total. The van der Waals surface area contributed by atoms with Crippen LogP contribution in [-0.4, -0.2) is 11.0 Å². The second-order valence-corrected chi connectivity index (χ2v) is 5.71. The lowest BCUT2D eigenvalue weighted by molar-refractivity contribution is -0.125. The first-order chi connectivity index (χ1) is 9.58. The van der Waals surface area contributed by atoms with E-state index in [1.165, 1.54) is 5.56 Å². The molecular weight excluding hydrogens is 270 g/mol. The molecule has 0 aliphatic heterocycles. The van der Waals surface area contributed by atoms with Crippen LogP contribution in [0.1, 0.15) is 36.8 Å². The zero-order valence-corrected chi connectivity index (χ0v) is 12.8. The molecule has 2 rings (SSSR count). The van der Waals surface area contributed by atoms with E-state index in [0.717, 1.165) is 36.9 Å². The monoisotopic (exact) mass is 291 g/mol. The van der Waals surface area contributed by atoms with Gasteiger partial charge in [0.15, 0.2) is 5.11 Å². The number of rotatable bonds is 2. The number of hydrogen-bond acceptors (Lipinski definition) is 2. The molecule has 4 nitrogen and oxygen atoms in total. The Balaban J connectivity index is 1.83. The van der Waals surface area contributed by atoms with Gasteiger partial charge in [0, 0.05) is 11.6 Å². The first kappa shape index (κ1) is 14.8. The van der Waals surface area contributed by atoms with Gasteiger partial charge < -0.3 is 5.32 Å². The first-order valence-electron chi connectivity index (χ1n) is 7.01. The Morgan fingerprint density at radius 1 is 1.20 bits per heavy atom. The summed E-state index contributed by atoms with van der Waals surface area (Å²) in [5.74, 6) is 0.165. The largest absolute Gasteiger partial charge is 0.331 e. The summed E-state index contributed by atoms with van der Waals surface area (Å²) in [6, 6.07) is 6.00. The van der Waals surface area contributed by atoms with E-state index in [1.807, 2.05) is 19.1 Å². The fourth-order valence-electron chi connectivity index (χ4n) is 2.45. The number of hydrogen-bond donors (Lipinski definition) is 3. The lowest BCUT2D eigenvalue weighted by Gasteiger charge is -2.15. The number of hydrazine groups is 1. The fourth-order valence-corrected chi connectivity index (χ4v) is 2.61. The highest BCUT2D eigenvalue weighted by atomic mass is 32.1. The van der Waals surface area contributed by atoms with Crippen molar-refractivity contribution in [3.05, 3.63) is 29.3 Å². The van der Waals surface area contributed by atoms with Gasteiger partial charge in [-0.25, -0.2) is 0 Å². The van der Waals surface area contributed by atoms with Crippen molar-refractivity contribution in [2.45, 2.75) is 39.5 Å². The highest BCUT2D eigenvalue weighted by Crippen LogP contribution is 2.24. The molecule has 0 atom stereocenters. The molecule has 0 radical (unpaired) electrons. The van der Waals surface area contributed by atoms with Crippen LogP contribution in [-0.2, 0) is 4.79 Å². The summed E-state index contributed by atoms with van der Waals surface area (Å²) < 4.78 is 0. The van der Waals surface area contributed by atoms with Crippen LogP contribution in [0.4, 0.5) is 5.69 Å². The average Bonchev–Trinajstić information content (AvgIpc) is 2.95. The zero-order valence-electron chi connectivity index (χ0n) is 12.0. The topological polar surface area (TPSA) is 53.2 Å². The Kier molecular flexibility index (Phi) is 4.95. The summed E-state index contributed by atoms with van der Waals surface area (Å²) in [5.41, 5.74) is 8.77. The van der Waals surface area contributed by atoms with Gasteiger partial charge in [0.05, 0.1) is 0 Å². The summed E-state index contributed by atoms with van der Waals surface area (Å²) in [4.78, 5) is 11.9. The van der Waals surface area contributed by atoms with E-state index in [4.69, 9.17) is 12.2 Å². The molecule has 1 amide bonds. The summed E-state index contributed by atoms with van der Waals surface area (Å²) in [6.45, 7) is 4.09. The molecule has 1 aliphatic rings. The number of benzene rings is 1. The Labute approximate surface area is 125 Å². The fraction of sp³-hybridized carbons (Fsp3) is 0.467. The molecule has 0 bridgehead atoms. The molecule has 1 aliphatic carbocycles. The lowest BCUT2D eigenvalue weighted by atomic mass is 10.1. The van der Waals surface area contributed by atoms with E-state index in [2.05, 4.69) is 29.2 Å². The van der Waals surface area contributed by atoms with Gasteiger partial charge in [0.2, 0.25) is 5.91 Å². The summed E-state index contributed by atoms with van der Waals surface area (Å²) >= 11 is 5.20. The van der Waals surface area contributed by atoms with E-state index in [1.54, 1.807) is 0 Å². The second-order valence-electron chi connectivity index (χ2n) is 5.30. The van der Waals surface area contributed by atoms with Gasteiger partial charge in [-0.1, -0.05) is 25.0 Å². The van der Waals surface area contributed by atoms with Crippen LogP contribution < -0.4 is 16.2 Å². The minimum absolute atomic E-state index is 0.0348. The molecule has 1 fully saturated rings. The number of nitrogens with one attached hydrogen (secondary N) is 3. The molecule has 0 spiro atoms. The van der Waals surface area contributed by atoms with Crippen LogP contribution in [0, 0.1) is 19.8 Å². The van der Waals surface area contributed by atoms with Crippen LogP contribution in [0.15, 0.2) is 18.2 Å². The third kappa shape index (κ3) is 3.70. The Morgan fingerprint density at radius 3 is 2.60 bits per heavy atom. The highest BCUT2D eigenvalue weighted by Gasteiger charge is 2.22. The van der Waals surface area contributed by atoms with Crippen molar-refractivity contribution in [2.24, 2.45) is 5.92 Å². The van der Waals surface area contributed by atoms with Crippen LogP contribution >= 0.6 is 12.2 Å². The van der Waals surface area contributed by atoms with Gasteiger partial charge in [-0.15, -0.1) is 0 Å². The van der Waals surface area contributed by atoms with Crippen LogP contribution in [0.3, 0.4) is 0 Å². The molecule has 0 heterocycles. The number of thiocarbonyl (C=S) groups is 1. The molecule has 108 valence electrons. The van der Waals surface area contributed by atoms with E-state index in [0.29, 0.717) is 5.11 Å². The van der Waals surface area contributed by atoms with Crippen molar-refractivity contribution < 1.29 is 4.79 Å². The van der Waals surface area contributed by atoms with Gasteiger partial charge in [-0.3, -0.25) is 15.6 Å². The van der Waals surface area contributed by atoms with Gasteiger partial charge in [-0.05, 0) is 56.1 Å². The Morgan fingerprint density at radius 2 is 1.90 bits per heavy atom. The molecule has 1 saturated carbocycles. The molecule has 1 aromatic rings. The van der Waals surface area contributed by atoms with Crippen molar-refractivity contribution in [2.75, 3.05) is 5.32 Å². The average molecular weight is 291 g/mol. The quantitative estimate of drug-likeness (QED) is 0.579. The van der Waals surface area contributed by atoms with Crippen molar-refractivity contribution in [1.82, 2.24) is 10.9 Å². The summed E-state index contributed by atoms with van der Waals surface area (Å²) in [6.07, 6.45) is 4.24. The maximum Gasteiger partial charge on any atom is 0.241 e. The number of anilines is 1. The SMILES string of the molecule is Cc1cccc(NC(=S)NNC(=O)C2CCCC2)c1C. The molecule has 0 unspecified atom stereocenters. The zero-order chi connectivity index (χ0) is 14.5. The molecular formula is C15H21N3OS. The maximum atomic E-state index is 11.9. The maximum absolute atomic E-state index is 11.9. The molecule has 20 heavy (non-hydrogen) atoms. The smallest absolute Gasteiger partial charge is 0.241 e. The Hall–Kier alpha value is -1.62. The van der Waals surface area contributed by atoms with Gasteiger partial charge in [0.1, 0.15) is 0 Å². The normalized spacial score (nSPS) is 14.9. The molecule has 1 aromatic carbocycles. The van der Waals surface area contributed by atoms with Gasteiger partial charge >= 0.3 is 0 Å². The highest BCUT2D eigenvalue weighted by molar-refractivity contribution is 7.80. The lowest BCUT2D eigenvalue weighted by Crippen LogP contribution is -2.45. The minimum Gasteiger partial charge on any atom is -0.331 e. The van der Waals surface area contributed by atoms with Crippen molar-refractivity contribution in [3.63, 3.8) is 0 Å². The minimum atomic E-state index is 0.0348.